The second kappa shape index (κ2) is 6.98. The molecule has 2 aliphatic rings. The number of para-hydroxylation sites is 1. The molecule has 0 N–H and O–H groups in total. The molecule has 1 unspecified atom stereocenters. The molecule has 8 heteroatoms. The van der Waals surface area contributed by atoms with Gasteiger partial charge in [0.05, 0.1) is 12.0 Å². The number of amides is 2. The first-order valence-electron chi connectivity index (χ1n) is 9.73. The Balaban J connectivity index is 1.47. The quantitative estimate of drug-likeness (QED) is 0.650. The van der Waals surface area contributed by atoms with Crippen LogP contribution in [0.15, 0.2) is 48.5 Å². The zero-order valence-electron chi connectivity index (χ0n) is 16.3. The molecule has 5 rings (SSSR count). The molecular weight excluding hydrogens is 403 g/mol. The molecule has 3 aromatic rings. The monoisotopic (exact) mass is 422 g/mol. The van der Waals surface area contributed by atoms with Crippen LogP contribution in [0.5, 0.6) is 0 Å². The van der Waals surface area contributed by atoms with Gasteiger partial charge in [-0.05, 0) is 43.2 Å². The predicted octanol–water partition coefficient (Wildman–Crippen LogP) is 3.32. The van der Waals surface area contributed by atoms with Crippen LogP contribution in [0, 0.1) is 12.7 Å². The molecule has 3 heterocycles. The van der Waals surface area contributed by atoms with E-state index in [1.54, 1.807) is 15.9 Å². The van der Waals surface area contributed by atoms with Crippen LogP contribution in [0.3, 0.4) is 0 Å². The highest BCUT2D eigenvalue weighted by atomic mass is 32.1. The van der Waals surface area contributed by atoms with Gasteiger partial charge in [0, 0.05) is 24.3 Å². The van der Waals surface area contributed by atoms with E-state index in [1.165, 1.54) is 29.5 Å². The zero-order valence-corrected chi connectivity index (χ0v) is 17.2. The molecule has 6 nitrogen and oxygen atoms in total. The second-order valence-corrected chi connectivity index (χ2v) is 8.96. The van der Waals surface area contributed by atoms with Gasteiger partial charge in [0.15, 0.2) is 0 Å². The van der Waals surface area contributed by atoms with Crippen LogP contribution in [0.1, 0.15) is 32.4 Å². The zero-order chi connectivity index (χ0) is 20.9. The number of hydrogen-bond acceptors (Lipinski definition) is 5. The van der Waals surface area contributed by atoms with Gasteiger partial charge in [-0.3, -0.25) is 9.59 Å². The number of rotatable bonds is 3. The minimum absolute atomic E-state index is 0.0221. The van der Waals surface area contributed by atoms with Crippen molar-refractivity contribution in [3.63, 3.8) is 0 Å². The molecular formula is C22H19FN4O2S. The van der Waals surface area contributed by atoms with Crippen molar-refractivity contribution in [1.82, 2.24) is 15.1 Å². The van der Waals surface area contributed by atoms with Gasteiger partial charge in [-0.15, -0.1) is 10.2 Å². The number of carbonyl (C=O) groups excluding carboxylic acids is 2. The molecule has 1 atom stereocenters. The van der Waals surface area contributed by atoms with Crippen LogP contribution >= 0.6 is 11.3 Å². The average Bonchev–Trinajstić information content (AvgIpc) is 3.43. The topological polar surface area (TPSA) is 66.4 Å². The van der Waals surface area contributed by atoms with Gasteiger partial charge < -0.3 is 9.80 Å². The first-order chi connectivity index (χ1) is 14.5. The van der Waals surface area contributed by atoms with Crippen molar-refractivity contribution < 1.29 is 14.0 Å². The summed E-state index contributed by atoms with van der Waals surface area (Å²) in [6.45, 7) is 2.97. The van der Waals surface area contributed by atoms with Crippen LogP contribution < -0.4 is 4.90 Å². The molecule has 152 valence electrons. The fraction of sp³-hybridized carbons (Fsp3) is 0.273. The number of hydrogen-bond donors (Lipinski definition) is 0. The highest BCUT2D eigenvalue weighted by Gasteiger charge is 2.55. The standard InChI is InChI=1S/C22H19FN4O2S/c1-14-24-25-19(30-14)12-27-18-8-3-2-7-17(18)22(21(27)29)9-10-26(13-22)20(28)15-5-4-6-16(23)11-15/h2-8,11H,9-10,12-13H2,1H3. The number of nitrogens with zero attached hydrogens (tertiary/aromatic N) is 4. The maximum atomic E-state index is 13.6. The lowest BCUT2D eigenvalue weighted by Crippen LogP contribution is -2.43. The van der Waals surface area contributed by atoms with Crippen molar-refractivity contribution in [3.05, 3.63) is 75.5 Å². The van der Waals surface area contributed by atoms with E-state index in [-0.39, 0.29) is 18.4 Å². The SMILES string of the molecule is Cc1nnc(CN2C(=O)C3(CCN(C(=O)c4cccc(F)c4)C3)c3ccccc32)s1. The fourth-order valence-corrected chi connectivity index (χ4v) is 5.17. The van der Waals surface area contributed by atoms with E-state index in [2.05, 4.69) is 10.2 Å². The Kier molecular flexibility index (Phi) is 4.39. The van der Waals surface area contributed by atoms with Crippen molar-refractivity contribution in [3.8, 4) is 0 Å². The number of likely N-dealkylation sites (tertiary alicyclic amines) is 1. The summed E-state index contributed by atoms with van der Waals surface area (Å²) < 4.78 is 13.6. The molecule has 2 aliphatic heterocycles. The number of halogens is 1. The number of aryl methyl sites for hydroxylation is 1. The Morgan fingerprint density at radius 2 is 2.03 bits per heavy atom. The summed E-state index contributed by atoms with van der Waals surface area (Å²) in [5, 5.41) is 9.85. The smallest absolute Gasteiger partial charge is 0.254 e. The second-order valence-electron chi connectivity index (χ2n) is 7.69. The summed E-state index contributed by atoms with van der Waals surface area (Å²) in [6, 6.07) is 13.4. The van der Waals surface area contributed by atoms with Gasteiger partial charge in [0.25, 0.3) is 5.91 Å². The summed E-state index contributed by atoms with van der Waals surface area (Å²) in [6.07, 6.45) is 0.537. The van der Waals surface area contributed by atoms with E-state index >= 15 is 0 Å². The van der Waals surface area contributed by atoms with Gasteiger partial charge >= 0.3 is 0 Å². The highest BCUT2D eigenvalue weighted by Crippen LogP contribution is 2.48. The maximum Gasteiger partial charge on any atom is 0.254 e. The molecule has 0 aliphatic carbocycles. The van der Waals surface area contributed by atoms with Crippen molar-refractivity contribution in [2.45, 2.75) is 25.3 Å². The van der Waals surface area contributed by atoms with Crippen molar-refractivity contribution in [2.75, 3.05) is 18.0 Å². The van der Waals surface area contributed by atoms with Crippen molar-refractivity contribution in [2.24, 2.45) is 0 Å². The Hall–Kier alpha value is -3.13. The third-order valence-electron chi connectivity index (χ3n) is 5.85. The van der Waals surface area contributed by atoms with Gasteiger partial charge in [0.1, 0.15) is 15.8 Å². The minimum atomic E-state index is -0.778. The predicted molar refractivity (Wildman–Crippen MR) is 111 cm³/mol. The summed E-state index contributed by atoms with van der Waals surface area (Å²) >= 11 is 1.47. The van der Waals surface area contributed by atoms with E-state index in [0.29, 0.717) is 25.1 Å². The maximum absolute atomic E-state index is 13.6. The fourth-order valence-electron chi connectivity index (χ4n) is 4.47. The summed E-state index contributed by atoms with van der Waals surface area (Å²) in [5.41, 5.74) is 1.31. The lowest BCUT2D eigenvalue weighted by molar-refractivity contribution is -0.122. The van der Waals surface area contributed by atoms with E-state index in [0.717, 1.165) is 21.3 Å². The number of aromatic nitrogens is 2. The Labute approximate surface area is 177 Å². The average molecular weight is 422 g/mol. The van der Waals surface area contributed by atoms with E-state index in [9.17, 15) is 14.0 Å². The van der Waals surface area contributed by atoms with Crippen LogP contribution in [0.4, 0.5) is 10.1 Å². The summed E-state index contributed by atoms with van der Waals surface area (Å²) in [5.74, 6) is -0.725. The van der Waals surface area contributed by atoms with Crippen LogP contribution in [-0.4, -0.2) is 40.0 Å². The Morgan fingerprint density at radius 1 is 1.20 bits per heavy atom. The summed E-state index contributed by atoms with van der Waals surface area (Å²) in [7, 11) is 0. The highest BCUT2D eigenvalue weighted by molar-refractivity contribution is 7.11. The largest absolute Gasteiger partial charge is 0.337 e. The van der Waals surface area contributed by atoms with Crippen LogP contribution in [0.2, 0.25) is 0 Å². The third-order valence-corrected chi connectivity index (χ3v) is 6.68. The van der Waals surface area contributed by atoms with Gasteiger partial charge in [-0.2, -0.15) is 0 Å². The molecule has 2 amide bonds. The minimum Gasteiger partial charge on any atom is -0.337 e. The molecule has 0 radical (unpaired) electrons. The Morgan fingerprint density at radius 3 is 2.80 bits per heavy atom. The number of anilines is 1. The molecule has 30 heavy (non-hydrogen) atoms. The van der Waals surface area contributed by atoms with Crippen molar-refractivity contribution >= 4 is 28.8 Å². The molecule has 1 saturated heterocycles. The van der Waals surface area contributed by atoms with Gasteiger partial charge in [0.2, 0.25) is 5.91 Å². The van der Waals surface area contributed by atoms with Gasteiger partial charge in [-0.1, -0.05) is 35.6 Å². The van der Waals surface area contributed by atoms with Crippen molar-refractivity contribution in [1.29, 1.82) is 0 Å². The molecule has 0 bridgehead atoms. The molecule has 2 aromatic carbocycles. The summed E-state index contributed by atoms with van der Waals surface area (Å²) in [4.78, 5) is 30.0. The Bertz CT molecular complexity index is 1160. The van der Waals surface area contributed by atoms with Crippen LogP contribution in [-0.2, 0) is 16.8 Å². The third kappa shape index (κ3) is 2.90. The first kappa shape index (κ1) is 18.9. The van der Waals surface area contributed by atoms with E-state index < -0.39 is 11.2 Å². The van der Waals surface area contributed by atoms with Crippen LogP contribution in [0.25, 0.3) is 0 Å². The number of benzene rings is 2. The van der Waals surface area contributed by atoms with E-state index in [4.69, 9.17) is 0 Å². The molecule has 1 spiro atoms. The van der Waals surface area contributed by atoms with Gasteiger partial charge in [-0.25, -0.2) is 4.39 Å². The molecule has 1 fully saturated rings. The lowest BCUT2D eigenvalue weighted by Gasteiger charge is -2.24. The van der Waals surface area contributed by atoms with E-state index in [1.807, 2.05) is 31.2 Å². The number of carbonyl (C=O) groups is 2. The lowest BCUT2D eigenvalue weighted by atomic mass is 9.81. The molecule has 1 aromatic heterocycles. The normalized spacial score (nSPS) is 20.3. The molecule has 0 saturated carbocycles. The first-order valence-corrected chi connectivity index (χ1v) is 10.5. The number of fused-ring (bicyclic) bond motifs is 2.